The molecular weight excluding hydrogens is 352 g/mol. The molecule has 0 aliphatic heterocycles. The number of fused-ring (bicyclic) bond motifs is 1. The average Bonchev–Trinajstić information content (AvgIpc) is 2.85. The number of benzene rings is 2. The van der Waals surface area contributed by atoms with E-state index in [1.807, 2.05) is 42.5 Å². The van der Waals surface area contributed by atoms with Crippen molar-refractivity contribution in [3.05, 3.63) is 69.3 Å². The highest BCUT2D eigenvalue weighted by Crippen LogP contribution is 2.32. The van der Waals surface area contributed by atoms with E-state index in [4.69, 9.17) is 16.0 Å². The number of halogens is 2. The zero-order valence-electron chi connectivity index (χ0n) is 11.4. The van der Waals surface area contributed by atoms with Gasteiger partial charge < -0.3 is 9.52 Å². The lowest BCUT2D eigenvalue weighted by molar-refractivity contribution is 0.0360. The molecule has 1 unspecified atom stereocenters. The molecule has 0 aliphatic carbocycles. The summed E-state index contributed by atoms with van der Waals surface area (Å²) < 4.78 is 6.78. The van der Waals surface area contributed by atoms with Crippen LogP contribution in [-0.2, 0) is 12.0 Å². The van der Waals surface area contributed by atoms with Crippen molar-refractivity contribution in [3.8, 4) is 0 Å². The van der Waals surface area contributed by atoms with Gasteiger partial charge in [-0.2, -0.15) is 0 Å². The molecule has 4 heteroatoms. The third kappa shape index (κ3) is 3.15. The summed E-state index contributed by atoms with van der Waals surface area (Å²) in [7, 11) is 0. The maximum Gasteiger partial charge on any atom is 0.136 e. The molecule has 2 aromatic carbocycles. The molecule has 0 saturated heterocycles. The van der Waals surface area contributed by atoms with Gasteiger partial charge >= 0.3 is 0 Å². The van der Waals surface area contributed by atoms with Crippen LogP contribution in [0.3, 0.4) is 0 Å². The summed E-state index contributed by atoms with van der Waals surface area (Å²) >= 11 is 9.38. The highest BCUT2D eigenvalue weighted by molar-refractivity contribution is 9.10. The third-order valence-corrected chi connectivity index (χ3v) is 4.23. The predicted molar refractivity (Wildman–Crippen MR) is 88.6 cm³/mol. The summed E-state index contributed by atoms with van der Waals surface area (Å²) in [4.78, 5) is 0. The average molecular weight is 366 g/mol. The molecule has 0 saturated carbocycles. The molecule has 0 radical (unpaired) electrons. The van der Waals surface area contributed by atoms with Crippen molar-refractivity contribution < 1.29 is 9.52 Å². The van der Waals surface area contributed by atoms with E-state index >= 15 is 0 Å². The number of hydrogen-bond acceptors (Lipinski definition) is 2. The molecule has 3 aromatic rings. The van der Waals surface area contributed by atoms with Crippen LogP contribution in [0.15, 0.2) is 57.4 Å². The van der Waals surface area contributed by atoms with Crippen LogP contribution in [0.4, 0.5) is 0 Å². The second-order valence-electron chi connectivity index (χ2n) is 5.37. The smallest absolute Gasteiger partial charge is 0.136 e. The lowest BCUT2D eigenvalue weighted by Gasteiger charge is -2.20. The first kappa shape index (κ1) is 14.6. The number of furan rings is 1. The van der Waals surface area contributed by atoms with Crippen LogP contribution in [0, 0.1) is 0 Å². The monoisotopic (exact) mass is 364 g/mol. The first-order valence-electron chi connectivity index (χ1n) is 6.60. The minimum Gasteiger partial charge on any atom is -0.458 e. The van der Waals surface area contributed by atoms with Gasteiger partial charge in [0.15, 0.2) is 0 Å². The Balaban J connectivity index is 1.93. The first-order chi connectivity index (χ1) is 9.94. The molecule has 0 spiro atoms. The molecule has 1 N–H and O–H groups in total. The molecule has 1 aromatic heterocycles. The Morgan fingerprint density at radius 2 is 1.86 bits per heavy atom. The number of aliphatic hydroxyl groups is 1. The first-order valence-corrected chi connectivity index (χ1v) is 7.77. The predicted octanol–water partition coefficient (Wildman–Crippen LogP) is 5.30. The van der Waals surface area contributed by atoms with Gasteiger partial charge in [0.2, 0.25) is 0 Å². The van der Waals surface area contributed by atoms with Gasteiger partial charge in [-0.3, -0.25) is 0 Å². The zero-order chi connectivity index (χ0) is 15.0. The van der Waals surface area contributed by atoms with Crippen molar-refractivity contribution in [2.75, 3.05) is 0 Å². The van der Waals surface area contributed by atoms with Crippen LogP contribution >= 0.6 is 27.5 Å². The van der Waals surface area contributed by atoms with Crippen molar-refractivity contribution >= 4 is 38.5 Å². The number of rotatable bonds is 3. The summed E-state index contributed by atoms with van der Waals surface area (Å²) in [6.07, 6.45) is 0.480. The van der Waals surface area contributed by atoms with Gasteiger partial charge in [0, 0.05) is 21.3 Å². The standard InChI is InChI=1S/C17H14BrClO2/c1-17(20,10-11-2-4-13(18)5-3-11)16-9-12-8-14(19)6-7-15(12)21-16/h2-9,20H,10H2,1H3. The summed E-state index contributed by atoms with van der Waals surface area (Å²) in [5.74, 6) is 0.544. The van der Waals surface area contributed by atoms with Crippen molar-refractivity contribution in [2.45, 2.75) is 18.9 Å². The van der Waals surface area contributed by atoms with E-state index in [9.17, 15) is 5.11 Å². The highest BCUT2D eigenvalue weighted by Gasteiger charge is 2.27. The molecule has 0 amide bonds. The van der Waals surface area contributed by atoms with E-state index in [0.29, 0.717) is 17.2 Å². The molecule has 1 atom stereocenters. The van der Waals surface area contributed by atoms with E-state index in [0.717, 1.165) is 21.0 Å². The van der Waals surface area contributed by atoms with Crippen molar-refractivity contribution in [1.29, 1.82) is 0 Å². The molecular formula is C17H14BrClO2. The van der Waals surface area contributed by atoms with Crippen LogP contribution in [0.2, 0.25) is 5.02 Å². The SMILES string of the molecule is CC(O)(Cc1ccc(Br)cc1)c1cc2cc(Cl)ccc2o1. The van der Waals surface area contributed by atoms with E-state index in [2.05, 4.69) is 15.9 Å². The summed E-state index contributed by atoms with van der Waals surface area (Å²) in [5, 5.41) is 12.3. The summed E-state index contributed by atoms with van der Waals surface area (Å²) in [6.45, 7) is 1.76. The van der Waals surface area contributed by atoms with Gasteiger partial charge in [-0.1, -0.05) is 39.7 Å². The second kappa shape index (κ2) is 5.48. The zero-order valence-corrected chi connectivity index (χ0v) is 13.8. The van der Waals surface area contributed by atoms with Crippen LogP contribution in [-0.4, -0.2) is 5.11 Å². The van der Waals surface area contributed by atoms with Gasteiger partial charge in [-0.05, 0) is 48.9 Å². The second-order valence-corrected chi connectivity index (χ2v) is 6.72. The van der Waals surface area contributed by atoms with Gasteiger partial charge in [0.1, 0.15) is 16.9 Å². The van der Waals surface area contributed by atoms with E-state index in [-0.39, 0.29) is 0 Å². The maximum absolute atomic E-state index is 10.7. The van der Waals surface area contributed by atoms with Crippen molar-refractivity contribution in [2.24, 2.45) is 0 Å². The Hall–Kier alpha value is -1.29. The lowest BCUT2D eigenvalue weighted by Crippen LogP contribution is -2.23. The normalized spacial score (nSPS) is 14.3. The van der Waals surface area contributed by atoms with E-state index in [1.165, 1.54) is 0 Å². The van der Waals surface area contributed by atoms with Gasteiger partial charge in [-0.15, -0.1) is 0 Å². The molecule has 0 aliphatic rings. The molecule has 108 valence electrons. The van der Waals surface area contributed by atoms with Gasteiger partial charge in [0.25, 0.3) is 0 Å². The summed E-state index contributed by atoms with van der Waals surface area (Å²) in [5.41, 5.74) is 0.700. The van der Waals surface area contributed by atoms with Crippen LogP contribution in [0.25, 0.3) is 11.0 Å². The van der Waals surface area contributed by atoms with E-state index in [1.54, 1.807) is 13.0 Å². The maximum atomic E-state index is 10.7. The molecule has 1 heterocycles. The minimum atomic E-state index is -1.07. The van der Waals surface area contributed by atoms with Gasteiger partial charge in [-0.25, -0.2) is 0 Å². The number of hydrogen-bond donors (Lipinski definition) is 1. The van der Waals surface area contributed by atoms with Crippen molar-refractivity contribution in [3.63, 3.8) is 0 Å². The molecule has 3 rings (SSSR count). The highest BCUT2D eigenvalue weighted by atomic mass is 79.9. The Morgan fingerprint density at radius 1 is 1.14 bits per heavy atom. The Kier molecular flexibility index (Phi) is 3.82. The largest absolute Gasteiger partial charge is 0.458 e. The van der Waals surface area contributed by atoms with Crippen LogP contribution < -0.4 is 0 Å². The molecule has 0 bridgehead atoms. The van der Waals surface area contributed by atoms with Crippen LogP contribution in [0.1, 0.15) is 18.2 Å². The van der Waals surface area contributed by atoms with Crippen LogP contribution in [0.5, 0.6) is 0 Å². The summed E-state index contributed by atoms with van der Waals surface area (Å²) in [6, 6.07) is 15.2. The fourth-order valence-corrected chi connectivity index (χ4v) is 2.81. The molecule has 2 nitrogen and oxygen atoms in total. The topological polar surface area (TPSA) is 33.4 Å². The Bertz CT molecular complexity index is 775. The fraction of sp³-hybridized carbons (Fsp3) is 0.176. The Labute approximate surface area is 136 Å². The minimum absolute atomic E-state index is 0.480. The quantitative estimate of drug-likeness (QED) is 0.683. The van der Waals surface area contributed by atoms with Crippen molar-refractivity contribution in [1.82, 2.24) is 0 Å². The van der Waals surface area contributed by atoms with Gasteiger partial charge in [0.05, 0.1) is 0 Å². The third-order valence-electron chi connectivity index (χ3n) is 3.47. The lowest BCUT2D eigenvalue weighted by atomic mass is 9.94. The molecule has 0 fully saturated rings. The Morgan fingerprint density at radius 3 is 2.57 bits per heavy atom. The van der Waals surface area contributed by atoms with E-state index < -0.39 is 5.60 Å². The molecule has 21 heavy (non-hydrogen) atoms. The fourth-order valence-electron chi connectivity index (χ4n) is 2.37.